The summed E-state index contributed by atoms with van der Waals surface area (Å²) in [5, 5.41) is 9.63. The lowest BCUT2D eigenvalue weighted by Gasteiger charge is -2.19. The van der Waals surface area contributed by atoms with E-state index in [0.29, 0.717) is 0 Å². The molecule has 3 heteroatoms. The number of fused-ring (bicyclic) bond motifs is 9. The van der Waals surface area contributed by atoms with Gasteiger partial charge in [-0.2, -0.15) is 0 Å². The highest BCUT2D eigenvalue weighted by atomic mass is 32.1. The minimum atomic E-state index is 1.03. The average molecular weight is 615 g/mol. The zero-order valence-electron chi connectivity index (χ0n) is 25.3. The summed E-state index contributed by atoms with van der Waals surface area (Å²) in [6, 6.07) is 52.8. The molecule has 0 aliphatic carbocycles. The van der Waals surface area contributed by atoms with Crippen molar-refractivity contribution in [1.29, 1.82) is 0 Å². The van der Waals surface area contributed by atoms with Crippen LogP contribution in [0.4, 0.5) is 0 Å². The van der Waals surface area contributed by atoms with Crippen molar-refractivity contribution in [3.8, 4) is 33.4 Å². The minimum absolute atomic E-state index is 1.03. The predicted octanol–water partition coefficient (Wildman–Crippen LogP) is 12.5. The Bertz CT molecular complexity index is 2860. The fraction of sp³-hybridized carbons (Fsp3) is 0. The van der Waals surface area contributed by atoms with Crippen LogP contribution in [-0.4, -0.2) is 9.97 Å². The van der Waals surface area contributed by atoms with E-state index in [9.17, 15) is 0 Å². The van der Waals surface area contributed by atoms with Crippen LogP contribution in [0.3, 0.4) is 0 Å². The van der Waals surface area contributed by atoms with Gasteiger partial charge in [0.2, 0.25) is 0 Å². The van der Waals surface area contributed by atoms with Crippen LogP contribution in [0.5, 0.6) is 0 Å². The number of hydrogen-bond donors (Lipinski definition) is 0. The van der Waals surface area contributed by atoms with Crippen LogP contribution in [0.2, 0.25) is 0 Å². The van der Waals surface area contributed by atoms with Crippen molar-refractivity contribution < 1.29 is 0 Å². The molecule has 0 bridgehead atoms. The number of aromatic nitrogens is 2. The van der Waals surface area contributed by atoms with Crippen molar-refractivity contribution in [3.63, 3.8) is 0 Å². The molecule has 47 heavy (non-hydrogen) atoms. The molecular weight excluding hydrogens is 589 g/mol. The van der Waals surface area contributed by atoms with Crippen LogP contribution in [-0.2, 0) is 0 Å². The van der Waals surface area contributed by atoms with E-state index >= 15 is 0 Å². The molecule has 7 aromatic carbocycles. The van der Waals surface area contributed by atoms with Crippen LogP contribution in [0, 0.1) is 0 Å². The summed E-state index contributed by atoms with van der Waals surface area (Å²) >= 11 is 1.88. The quantitative estimate of drug-likeness (QED) is 0.185. The van der Waals surface area contributed by atoms with Gasteiger partial charge >= 0.3 is 0 Å². The first-order valence-corrected chi connectivity index (χ1v) is 16.7. The smallest absolute Gasteiger partial charge is 0.0786 e. The maximum Gasteiger partial charge on any atom is 0.0786 e. The van der Waals surface area contributed by atoms with E-state index < -0.39 is 0 Å². The number of nitrogens with zero attached hydrogens (tertiary/aromatic N) is 2. The molecule has 0 spiro atoms. The van der Waals surface area contributed by atoms with Gasteiger partial charge in [-0.1, -0.05) is 127 Å². The second kappa shape index (κ2) is 10.3. The van der Waals surface area contributed by atoms with Crippen molar-refractivity contribution >= 4 is 74.9 Å². The van der Waals surface area contributed by atoms with Crippen LogP contribution < -0.4 is 0 Å². The van der Waals surface area contributed by atoms with E-state index in [1.807, 2.05) is 35.9 Å². The third-order valence-corrected chi connectivity index (χ3v) is 10.8. The Morgan fingerprint density at radius 2 is 0.915 bits per heavy atom. The molecule has 3 heterocycles. The highest BCUT2D eigenvalue weighted by Gasteiger charge is 2.21. The van der Waals surface area contributed by atoms with Crippen molar-refractivity contribution in [2.75, 3.05) is 0 Å². The molecule has 0 aliphatic rings. The van der Waals surface area contributed by atoms with Gasteiger partial charge in [-0.15, -0.1) is 11.3 Å². The standard InChI is InChI=1S/C44H26N2S/c1-2-14-32(31(13-1)34-16-5-9-27-19-21-29-11-7-25-45-42(29)39(27)34)35-23-24-36-33-15-3-4-18-38(33)47-44(36)41(35)37-17-6-10-28-20-22-30-12-8-26-46-43(30)40(28)37/h1-26H. The molecular formula is C44H26N2S. The molecule has 218 valence electrons. The van der Waals surface area contributed by atoms with Gasteiger partial charge in [0, 0.05) is 59.7 Å². The minimum Gasteiger partial charge on any atom is -0.256 e. The maximum absolute atomic E-state index is 4.95. The molecule has 2 nitrogen and oxygen atoms in total. The highest BCUT2D eigenvalue weighted by molar-refractivity contribution is 7.26. The van der Waals surface area contributed by atoms with E-state index in [1.54, 1.807) is 0 Å². The number of rotatable bonds is 3. The molecule has 0 amide bonds. The molecule has 0 aliphatic heterocycles. The first-order valence-electron chi connectivity index (χ1n) is 15.9. The zero-order valence-corrected chi connectivity index (χ0v) is 26.1. The lowest BCUT2D eigenvalue weighted by atomic mass is 9.85. The Labute approximate surface area is 275 Å². The first kappa shape index (κ1) is 26.3. The summed E-state index contributed by atoms with van der Waals surface area (Å²) in [4.78, 5) is 9.83. The van der Waals surface area contributed by atoms with Gasteiger partial charge in [0.15, 0.2) is 0 Å². The Hall–Kier alpha value is -5.90. The molecule has 0 saturated heterocycles. The molecule has 3 aromatic heterocycles. The van der Waals surface area contributed by atoms with Gasteiger partial charge in [-0.05, 0) is 56.8 Å². The lowest BCUT2D eigenvalue weighted by molar-refractivity contribution is 1.43. The van der Waals surface area contributed by atoms with Gasteiger partial charge in [0.05, 0.1) is 11.0 Å². The molecule has 0 N–H and O–H groups in total. The normalized spacial score (nSPS) is 11.8. The zero-order chi connectivity index (χ0) is 30.9. The monoisotopic (exact) mass is 614 g/mol. The Morgan fingerprint density at radius 1 is 0.362 bits per heavy atom. The maximum atomic E-state index is 4.95. The predicted molar refractivity (Wildman–Crippen MR) is 201 cm³/mol. The summed E-state index contributed by atoms with van der Waals surface area (Å²) in [5.41, 5.74) is 9.32. The van der Waals surface area contributed by atoms with Crippen molar-refractivity contribution in [1.82, 2.24) is 9.97 Å². The van der Waals surface area contributed by atoms with Crippen molar-refractivity contribution in [2.45, 2.75) is 0 Å². The van der Waals surface area contributed by atoms with Crippen LogP contribution in [0.1, 0.15) is 0 Å². The van der Waals surface area contributed by atoms with Crippen LogP contribution in [0.15, 0.2) is 158 Å². The number of pyridine rings is 2. The summed E-state index contributed by atoms with van der Waals surface area (Å²) in [6.45, 7) is 0. The second-order valence-corrected chi connectivity index (χ2v) is 13.1. The van der Waals surface area contributed by atoms with Crippen molar-refractivity contribution in [3.05, 3.63) is 158 Å². The second-order valence-electron chi connectivity index (χ2n) is 12.1. The third-order valence-electron chi connectivity index (χ3n) is 9.55. The number of hydrogen-bond acceptors (Lipinski definition) is 3. The molecule has 0 unspecified atom stereocenters. The molecule has 10 aromatic rings. The molecule has 0 fully saturated rings. The SMILES string of the molecule is c1ccc(-c2cccc3ccc4cccnc4c23)c(-c2ccc3c(sc4ccccc43)c2-c2cccc3ccc4cccnc4c23)c1. The van der Waals surface area contributed by atoms with E-state index in [0.717, 1.165) is 21.8 Å². The van der Waals surface area contributed by atoms with Gasteiger partial charge in [-0.25, -0.2) is 0 Å². The largest absolute Gasteiger partial charge is 0.256 e. The molecule has 0 radical (unpaired) electrons. The van der Waals surface area contributed by atoms with Gasteiger partial charge < -0.3 is 0 Å². The van der Waals surface area contributed by atoms with Crippen LogP contribution >= 0.6 is 11.3 Å². The topological polar surface area (TPSA) is 25.8 Å². The summed E-state index contributed by atoms with van der Waals surface area (Å²) < 4.78 is 2.59. The highest BCUT2D eigenvalue weighted by Crippen LogP contribution is 2.49. The third kappa shape index (κ3) is 3.97. The molecule has 10 rings (SSSR count). The first-order chi connectivity index (χ1) is 23.3. The summed E-state index contributed by atoms with van der Waals surface area (Å²) in [6.07, 6.45) is 3.81. The number of thiophene rings is 1. The van der Waals surface area contributed by atoms with Crippen molar-refractivity contribution in [2.24, 2.45) is 0 Å². The molecule has 0 saturated carbocycles. The van der Waals surface area contributed by atoms with Gasteiger partial charge in [-0.3, -0.25) is 9.97 Å². The Balaban J connectivity index is 1.36. The fourth-order valence-corrected chi connectivity index (χ4v) is 8.76. The van der Waals surface area contributed by atoms with Crippen LogP contribution in [0.25, 0.3) is 96.9 Å². The van der Waals surface area contributed by atoms with E-state index in [2.05, 4.69) is 133 Å². The average Bonchev–Trinajstić information content (AvgIpc) is 3.52. The van der Waals surface area contributed by atoms with Gasteiger partial charge in [0.25, 0.3) is 0 Å². The van der Waals surface area contributed by atoms with E-state index in [1.165, 1.54) is 75.1 Å². The summed E-state index contributed by atoms with van der Waals surface area (Å²) in [7, 11) is 0. The fourth-order valence-electron chi connectivity index (χ4n) is 7.49. The number of benzene rings is 7. The molecule has 0 atom stereocenters. The van der Waals surface area contributed by atoms with E-state index in [4.69, 9.17) is 9.97 Å². The van der Waals surface area contributed by atoms with Gasteiger partial charge in [0.1, 0.15) is 0 Å². The Kier molecular flexibility index (Phi) is 5.78. The lowest BCUT2D eigenvalue weighted by Crippen LogP contribution is -1.93. The van der Waals surface area contributed by atoms with E-state index in [-0.39, 0.29) is 0 Å². The Morgan fingerprint density at radius 3 is 1.64 bits per heavy atom. The summed E-state index contributed by atoms with van der Waals surface area (Å²) in [5.74, 6) is 0.